The number of carboxylic acids is 1. The molecule has 2 amide bonds. The minimum atomic E-state index is -1.04. The Hall–Kier alpha value is -1.30. The Kier molecular flexibility index (Phi) is 3.90. The maximum Gasteiger partial charge on any atom is 0.323 e. The van der Waals surface area contributed by atoms with Crippen molar-refractivity contribution in [2.45, 2.75) is 45.3 Å². The van der Waals surface area contributed by atoms with Crippen LogP contribution in [-0.2, 0) is 4.79 Å². The summed E-state index contributed by atoms with van der Waals surface area (Å²) in [5, 5.41) is 18.7. The van der Waals surface area contributed by atoms with Gasteiger partial charge in [-0.1, -0.05) is 0 Å². The molecule has 0 aliphatic carbocycles. The van der Waals surface area contributed by atoms with Crippen LogP contribution >= 0.6 is 0 Å². The molecule has 1 fully saturated rings. The van der Waals surface area contributed by atoms with Crippen LogP contribution in [0.3, 0.4) is 0 Å². The molecule has 0 spiro atoms. The van der Waals surface area contributed by atoms with E-state index in [0.29, 0.717) is 13.0 Å². The van der Waals surface area contributed by atoms with Gasteiger partial charge >= 0.3 is 12.0 Å². The largest absolute Gasteiger partial charge is 0.480 e. The third-order valence-corrected chi connectivity index (χ3v) is 3.06. The van der Waals surface area contributed by atoms with Gasteiger partial charge in [0.15, 0.2) is 0 Å². The van der Waals surface area contributed by atoms with Crippen molar-refractivity contribution >= 4 is 12.0 Å². The molecule has 1 rings (SSSR count). The zero-order valence-corrected chi connectivity index (χ0v) is 11.4. The summed E-state index contributed by atoms with van der Waals surface area (Å²) in [7, 11) is 0. The Morgan fingerprint density at radius 3 is 2.28 bits per heavy atom. The van der Waals surface area contributed by atoms with Crippen molar-refractivity contribution < 1.29 is 19.8 Å². The molecule has 1 aliphatic rings. The second-order valence-electron chi connectivity index (χ2n) is 6.10. The molecule has 2 N–H and O–H groups in total. The fourth-order valence-electron chi connectivity index (χ4n) is 2.01. The van der Waals surface area contributed by atoms with Gasteiger partial charge in [-0.3, -0.25) is 4.79 Å². The number of hydrogen-bond donors (Lipinski definition) is 2. The van der Waals surface area contributed by atoms with Crippen LogP contribution < -0.4 is 0 Å². The van der Waals surface area contributed by atoms with E-state index in [1.165, 1.54) is 9.80 Å². The number of carbonyl (C=O) groups is 2. The minimum absolute atomic E-state index is 0.248. The van der Waals surface area contributed by atoms with Gasteiger partial charge in [-0.05, 0) is 34.1 Å². The highest BCUT2D eigenvalue weighted by atomic mass is 16.4. The summed E-state index contributed by atoms with van der Waals surface area (Å²) in [5.74, 6) is -1.04. The second kappa shape index (κ2) is 4.76. The quantitative estimate of drug-likeness (QED) is 0.765. The van der Waals surface area contributed by atoms with Crippen LogP contribution in [0.15, 0.2) is 0 Å². The zero-order chi connectivity index (χ0) is 14.1. The van der Waals surface area contributed by atoms with E-state index in [1.807, 2.05) is 0 Å². The van der Waals surface area contributed by atoms with Crippen LogP contribution in [0, 0.1) is 0 Å². The molecular formula is C12H22N2O4. The number of β-amino-alcohol motifs (C(OH)–C–C–N with tert-alkyl or cyclic N) is 1. The predicted molar refractivity (Wildman–Crippen MR) is 66.3 cm³/mol. The lowest BCUT2D eigenvalue weighted by atomic mass is 10.1. The maximum absolute atomic E-state index is 12.3. The Labute approximate surface area is 107 Å². The lowest BCUT2D eigenvalue weighted by molar-refractivity contribution is -0.138. The van der Waals surface area contributed by atoms with E-state index in [2.05, 4.69) is 0 Å². The van der Waals surface area contributed by atoms with E-state index >= 15 is 0 Å². The van der Waals surface area contributed by atoms with E-state index in [-0.39, 0.29) is 19.1 Å². The van der Waals surface area contributed by atoms with Crippen LogP contribution in [0.5, 0.6) is 0 Å². The third kappa shape index (κ3) is 3.60. The molecule has 1 unspecified atom stereocenters. The summed E-state index contributed by atoms with van der Waals surface area (Å²) in [6.45, 7) is 7.43. The van der Waals surface area contributed by atoms with Crippen molar-refractivity contribution in [2.24, 2.45) is 0 Å². The summed E-state index contributed by atoms with van der Waals surface area (Å²) < 4.78 is 0. The van der Waals surface area contributed by atoms with E-state index in [1.54, 1.807) is 27.7 Å². The van der Waals surface area contributed by atoms with Crippen molar-refractivity contribution in [1.29, 1.82) is 0 Å². The van der Waals surface area contributed by atoms with Crippen molar-refractivity contribution in [2.75, 3.05) is 19.6 Å². The van der Waals surface area contributed by atoms with E-state index in [9.17, 15) is 14.7 Å². The number of likely N-dealkylation sites (tertiary alicyclic amines) is 1. The van der Waals surface area contributed by atoms with E-state index in [4.69, 9.17) is 5.11 Å². The van der Waals surface area contributed by atoms with Crippen LogP contribution in [0.1, 0.15) is 34.1 Å². The number of hydrogen-bond acceptors (Lipinski definition) is 3. The molecule has 0 saturated carbocycles. The topological polar surface area (TPSA) is 81.1 Å². The summed E-state index contributed by atoms with van der Waals surface area (Å²) in [4.78, 5) is 26.0. The Morgan fingerprint density at radius 1 is 1.39 bits per heavy atom. The molecule has 104 valence electrons. The molecule has 0 aromatic heterocycles. The highest BCUT2D eigenvalue weighted by Gasteiger charge is 2.38. The highest BCUT2D eigenvalue weighted by molar-refractivity contribution is 5.81. The minimum Gasteiger partial charge on any atom is -0.480 e. The van der Waals surface area contributed by atoms with Crippen molar-refractivity contribution in [3.05, 3.63) is 0 Å². The maximum atomic E-state index is 12.3. The number of aliphatic hydroxyl groups is 1. The van der Waals surface area contributed by atoms with Crippen LogP contribution in [-0.4, -0.2) is 62.8 Å². The smallest absolute Gasteiger partial charge is 0.323 e. The second-order valence-corrected chi connectivity index (χ2v) is 6.10. The molecule has 1 aliphatic heterocycles. The molecular weight excluding hydrogens is 236 g/mol. The first kappa shape index (κ1) is 14.8. The number of aliphatic carboxylic acids is 1. The van der Waals surface area contributed by atoms with Gasteiger partial charge in [-0.2, -0.15) is 0 Å². The van der Waals surface area contributed by atoms with Gasteiger partial charge in [-0.15, -0.1) is 0 Å². The van der Waals surface area contributed by atoms with Crippen molar-refractivity contribution in [3.63, 3.8) is 0 Å². The zero-order valence-electron chi connectivity index (χ0n) is 11.4. The molecule has 0 radical (unpaired) electrons. The summed E-state index contributed by atoms with van der Waals surface area (Å²) in [6.07, 6.45) is 0.518. The number of rotatable bonds is 2. The number of urea groups is 1. The molecule has 6 heteroatoms. The first-order valence-electron chi connectivity index (χ1n) is 6.04. The highest BCUT2D eigenvalue weighted by Crippen LogP contribution is 2.24. The fourth-order valence-corrected chi connectivity index (χ4v) is 2.01. The van der Waals surface area contributed by atoms with Gasteiger partial charge in [-0.25, -0.2) is 4.79 Å². The average molecular weight is 258 g/mol. The van der Waals surface area contributed by atoms with Gasteiger partial charge < -0.3 is 20.0 Å². The van der Waals surface area contributed by atoms with Crippen molar-refractivity contribution in [3.8, 4) is 0 Å². The monoisotopic (exact) mass is 258 g/mol. The number of carboxylic acid groups (broad SMARTS) is 1. The molecule has 1 atom stereocenters. The molecule has 1 saturated heterocycles. The number of nitrogens with zero attached hydrogens (tertiary/aromatic N) is 2. The van der Waals surface area contributed by atoms with Gasteiger partial charge in [0.2, 0.25) is 0 Å². The van der Waals surface area contributed by atoms with Gasteiger partial charge in [0.1, 0.15) is 6.54 Å². The van der Waals surface area contributed by atoms with Gasteiger partial charge in [0.25, 0.3) is 0 Å². The third-order valence-electron chi connectivity index (χ3n) is 3.06. The number of amides is 2. The van der Waals surface area contributed by atoms with Crippen LogP contribution in [0.4, 0.5) is 4.79 Å². The SMILES string of the molecule is CC1(O)CCN(C(=O)N(CC(=O)O)C(C)(C)C)C1. The van der Waals surface area contributed by atoms with Gasteiger partial charge in [0, 0.05) is 12.1 Å². The lowest BCUT2D eigenvalue weighted by Gasteiger charge is -2.37. The summed E-state index contributed by atoms with van der Waals surface area (Å²) in [6, 6.07) is -0.331. The Bertz CT molecular complexity index is 346. The summed E-state index contributed by atoms with van der Waals surface area (Å²) >= 11 is 0. The fraction of sp³-hybridized carbons (Fsp3) is 0.833. The number of carbonyl (C=O) groups excluding carboxylic acids is 1. The molecule has 0 aromatic carbocycles. The molecule has 0 bridgehead atoms. The van der Waals surface area contributed by atoms with Crippen LogP contribution in [0.2, 0.25) is 0 Å². The first-order valence-corrected chi connectivity index (χ1v) is 6.04. The lowest BCUT2D eigenvalue weighted by Crippen LogP contribution is -2.53. The van der Waals surface area contributed by atoms with Crippen molar-refractivity contribution in [1.82, 2.24) is 9.80 Å². The predicted octanol–water partition coefficient (Wildman–Crippen LogP) is 0.748. The average Bonchev–Trinajstić information content (AvgIpc) is 2.52. The summed E-state index contributed by atoms with van der Waals surface area (Å²) in [5.41, 5.74) is -1.44. The Morgan fingerprint density at radius 2 is 1.94 bits per heavy atom. The van der Waals surface area contributed by atoms with Crippen LogP contribution in [0.25, 0.3) is 0 Å². The standard InChI is InChI=1S/C12H22N2O4/c1-11(2,3)14(7-9(15)16)10(17)13-6-5-12(4,18)8-13/h18H,5-8H2,1-4H3,(H,15,16). The van der Waals surface area contributed by atoms with E-state index < -0.39 is 17.1 Å². The molecule has 6 nitrogen and oxygen atoms in total. The van der Waals surface area contributed by atoms with Gasteiger partial charge in [0.05, 0.1) is 12.1 Å². The first-order chi connectivity index (χ1) is 8.03. The van der Waals surface area contributed by atoms with E-state index in [0.717, 1.165) is 0 Å². The normalized spacial score (nSPS) is 24.2. The molecule has 0 aromatic rings. The molecule has 1 heterocycles. The Balaban J connectivity index is 2.81. The molecule has 18 heavy (non-hydrogen) atoms.